The average Bonchev–Trinajstić information content (AvgIpc) is 3.27. The number of sulfone groups is 1. The van der Waals surface area contributed by atoms with Gasteiger partial charge < -0.3 is 19.3 Å². The van der Waals surface area contributed by atoms with Crippen LogP contribution in [0, 0.1) is 5.82 Å². The number of aromatic nitrogens is 2. The summed E-state index contributed by atoms with van der Waals surface area (Å²) in [6.07, 6.45) is 7.76. The summed E-state index contributed by atoms with van der Waals surface area (Å²) in [6, 6.07) is 4.39. The van der Waals surface area contributed by atoms with Crippen LogP contribution in [0.1, 0.15) is 71.5 Å². The smallest absolute Gasteiger partial charge is 0.324 e. The summed E-state index contributed by atoms with van der Waals surface area (Å²) in [5.41, 5.74) is -0.0863. The average molecular weight is 498 g/mol. The second kappa shape index (κ2) is 11.0. The second-order valence-electron chi connectivity index (χ2n) is 10.1. The molecule has 1 aliphatic carbocycles. The van der Waals surface area contributed by atoms with Crippen LogP contribution in [-0.2, 0) is 15.3 Å². The first-order chi connectivity index (χ1) is 15.9. The zero-order valence-corrected chi connectivity index (χ0v) is 21.3. The normalized spacial score (nSPS) is 18.4. The predicted octanol–water partition coefficient (Wildman–Crippen LogP) is 4.27. The third-order valence-corrected chi connectivity index (χ3v) is 7.11. The minimum atomic E-state index is -3.37. The highest BCUT2D eigenvalue weighted by Gasteiger charge is 2.25. The van der Waals surface area contributed by atoms with Crippen molar-refractivity contribution < 1.29 is 27.2 Å². The molecule has 2 aliphatic rings. The van der Waals surface area contributed by atoms with Crippen LogP contribution in [0.4, 0.5) is 10.4 Å². The molecule has 1 N–H and O–H groups in total. The van der Waals surface area contributed by atoms with Crippen molar-refractivity contribution in [3.05, 3.63) is 29.8 Å². The number of benzene rings is 1. The Labute approximate surface area is 201 Å². The van der Waals surface area contributed by atoms with Crippen LogP contribution in [-0.4, -0.2) is 55.2 Å². The number of halogens is 1. The molecule has 34 heavy (non-hydrogen) atoms. The number of hydrogen-bond donors (Lipinski definition) is 1. The van der Waals surface area contributed by atoms with Gasteiger partial charge in [-0.2, -0.15) is 4.98 Å². The molecular weight excluding hydrogens is 461 g/mol. The highest BCUT2D eigenvalue weighted by atomic mass is 32.2. The van der Waals surface area contributed by atoms with Gasteiger partial charge >= 0.3 is 6.01 Å². The fourth-order valence-corrected chi connectivity index (χ4v) is 4.51. The third kappa shape index (κ3) is 7.40. The summed E-state index contributed by atoms with van der Waals surface area (Å²) < 4.78 is 47.1. The standard InChI is InChI=1S/C13H17FO3S.C11H19N3O2/c1-18(15,16)11-7-8-13(12(14)9-11)17-10-5-3-2-4-6-10;1-11(2,3)9-12-10(16-13-9)14-6-4-8(15)5-7-14/h7-10H,2-6H2,1H3;8,15H,4-7H2,1-3H3. The van der Waals surface area contributed by atoms with Gasteiger partial charge in [0.15, 0.2) is 27.2 Å². The monoisotopic (exact) mass is 497 g/mol. The molecule has 10 heteroatoms. The molecule has 0 amide bonds. The molecule has 190 valence electrons. The van der Waals surface area contributed by atoms with E-state index in [1.54, 1.807) is 0 Å². The fourth-order valence-electron chi connectivity index (χ4n) is 3.88. The summed E-state index contributed by atoms with van der Waals surface area (Å²) in [5.74, 6) is 0.270. The highest BCUT2D eigenvalue weighted by Crippen LogP contribution is 2.27. The second-order valence-corrected chi connectivity index (χ2v) is 12.1. The van der Waals surface area contributed by atoms with Gasteiger partial charge in [0.2, 0.25) is 0 Å². The Morgan fingerprint density at radius 1 is 1.12 bits per heavy atom. The lowest BCUT2D eigenvalue weighted by atomic mass is 9.96. The van der Waals surface area contributed by atoms with Gasteiger partial charge in [0.25, 0.3) is 0 Å². The number of nitrogens with zero attached hydrogens (tertiary/aromatic N) is 3. The molecule has 1 aromatic heterocycles. The lowest BCUT2D eigenvalue weighted by Gasteiger charge is -2.27. The third-order valence-electron chi connectivity index (χ3n) is 6.00. The van der Waals surface area contributed by atoms with Crippen molar-refractivity contribution in [3.63, 3.8) is 0 Å². The van der Waals surface area contributed by atoms with Crippen molar-refractivity contribution in [1.82, 2.24) is 10.1 Å². The van der Waals surface area contributed by atoms with E-state index < -0.39 is 15.7 Å². The van der Waals surface area contributed by atoms with E-state index >= 15 is 0 Å². The summed E-state index contributed by atoms with van der Waals surface area (Å²) in [7, 11) is -3.37. The molecule has 0 atom stereocenters. The number of hydrogen-bond acceptors (Lipinski definition) is 8. The highest BCUT2D eigenvalue weighted by molar-refractivity contribution is 7.90. The molecule has 1 saturated heterocycles. The number of piperidine rings is 1. The van der Waals surface area contributed by atoms with Crippen LogP contribution in [0.15, 0.2) is 27.6 Å². The largest absolute Gasteiger partial charge is 0.487 e. The Bertz CT molecular complexity index is 1040. The van der Waals surface area contributed by atoms with Gasteiger partial charge in [0.1, 0.15) is 0 Å². The van der Waals surface area contributed by atoms with Crippen molar-refractivity contribution in [1.29, 1.82) is 0 Å². The maximum atomic E-state index is 13.7. The van der Waals surface area contributed by atoms with E-state index in [0.717, 1.165) is 69.8 Å². The number of rotatable bonds is 4. The van der Waals surface area contributed by atoms with Gasteiger partial charge in [-0.1, -0.05) is 32.3 Å². The number of anilines is 1. The van der Waals surface area contributed by atoms with Crippen molar-refractivity contribution in [3.8, 4) is 5.75 Å². The lowest BCUT2D eigenvalue weighted by Crippen LogP contribution is -2.36. The zero-order chi connectivity index (χ0) is 24.9. The quantitative estimate of drug-likeness (QED) is 0.668. The van der Waals surface area contributed by atoms with Gasteiger partial charge in [-0.25, -0.2) is 12.8 Å². The molecule has 1 aliphatic heterocycles. The Kier molecular flexibility index (Phi) is 8.57. The molecule has 0 bridgehead atoms. The van der Waals surface area contributed by atoms with Crippen LogP contribution in [0.2, 0.25) is 0 Å². The van der Waals surface area contributed by atoms with Crippen LogP contribution in [0.25, 0.3) is 0 Å². The van der Waals surface area contributed by atoms with E-state index in [9.17, 15) is 17.9 Å². The molecule has 1 saturated carbocycles. The minimum Gasteiger partial charge on any atom is -0.487 e. The molecule has 1 aromatic carbocycles. The Balaban J connectivity index is 0.000000192. The first-order valence-electron chi connectivity index (χ1n) is 11.9. The van der Waals surface area contributed by atoms with Gasteiger partial charge in [0.05, 0.1) is 17.1 Å². The van der Waals surface area contributed by atoms with Crippen molar-refractivity contribution in [2.75, 3.05) is 24.2 Å². The zero-order valence-electron chi connectivity index (χ0n) is 20.5. The minimum absolute atomic E-state index is 0.0176. The number of aliphatic hydroxyl groups is 1. The summed E-state index contributed by atoms with van der Waals surface area (Å²) in [5, 5.41) is 13.4. The predicted molar refractivity (Wildman–Crippen MR) is 127 cm³/mol. The van der Waals surface area contributed by atoms with Gasteiger partial charge in [-0.05, 0) is 56.7 Å². The van der Waals surface area contributed by atoms with Crippen LogP contribution >= 0.6 is 0 Å². The molecule has 2 heterocycles. The van der Waals surface area contributed by atoms with Gasteiger partial charge in [-0.15, -0.1) is 0 Å². The topological polar surface area (TPSA) is 106 Å². The Hall–Kier alpha value is -2.20. The summed E-state index contributed by atoms with van der Waals surface area (Å²) >= 11 is 0. The molecule has 0 unspecified atom stereocenters. The van der Waals surface area contributed by atoms with Crippen LogP contribution in [0.3, 0.4) is 0 Å². The molecule has 2 aromatic rings. The maximum absolute atomic E-state index is 13.7. The molecule has 4 rings (SSSR count). The fraction of sp³-hybridized carbons (Fsp3) is 0.667. The number of aliphatic hydroxyl groups excluding tert-OH is 1. The summed E-state index contributed by atoms with van der Waals surface area (Å²) in [4.78, 5) is 6.42. The molecular formula is C24H36FN3O5S. The van der Waals surface area contributed by atoms with E-state index in [2.05, 4.69) is 30.9 Å². The van der Waals surface area contributed by atoms with E-state index in [1.165, 1.54) is 18.6 Å². The molecule has 2 fully saturated rings. The van der Waals surface area contributed by atoms with E-state index in [1.807, 2.05) is 4.90 Å². The van der Waals surface area contributed by atoms with Crippen molar-refractivity contribution >= 4 is 15.9 Å². The van der Waals surface area contributed by atoms with Crippen LogP contribution < -0.4 is 9.64 Å². The van der Waals surface area contributed by atoms with Gasteiger partial charge in [0, 0.05) is 24.8 Å². The molecule has 8 nitrogen and oxygen atoms in total. The van der Waals surface area contributed by atoms with Gasteiger partial charge in [-0.3, -0.25) is 0 Å². The first-order valence-corrected chi connectivity index (χ1v) is 13.8. The van der Waals surface area contributed by atoms with E-state index in [-0.39, 0.29) is 28.3 Å². The maximum Gasteiger partial charge on any atom is 0.324 e. The Morgan fingerprint density at radius 2 is 1.76 bits per heavy atom. The SMILES string of the molecule is CC(C)(C)c1noc(N2CCC(O)CC2)n1.CS(=O)(=O)c1ccc(OC2CCCCC2)c(F)c1. The van der Waals surface area contributed by atoms with Crippen LogP contribution in [0.5, 0.6) is 5.75 Å². The van der Waals surface area contributed by atoms with Crippen molar-refractivity contribution in [2.45, 2.75) is 88.2 Å². The summed E-state index contributed by atoms with van der Waals surface area (Å²) in [6.45, 7) is 7.74. The van der Waals surface area contributed by atoms with E-state index in [4.69, 9.17) is 9.26 Å². The molecule has 0 spiro atoms. The molecule has 0 radical (unpaired) electrons. The lowest BCUT2D eigenvalue weighted by molar-refractivity contribution is 0.143. The number of ether oxygens (including phenoxy) is 1. The Morgan fingerprint density at radius 3 is 2.29 bits per heavy atom. The van der Waals surface area contributed by atoms with Crippen molar-refractivity contribution in [2.24, 2.45) is 0 Å². The van der Waals surface area contributed by atoms with E-state index in [0.29, 0.717) is 6.01 Å². The first kappa shape index (κ1) is 26.4.